The van der Waals surface area contributed by atoms with E-state index >= 15 is 0 Å². The van der Waals surface area contributed by atoms with Crippen LogP contribution in [0.2, 0.25) is 0 Å². The van der Waals surface area contributed by atoms with Gasteiger partial charge in [-0.25, -0.2) is 9.78 Å². The molecule has 0 aliphatic carbocycles. The summed E-state index contributed by atoms with van der Waals surface area (Å²) in [5, 5.41) is 0. The lowest BCUT2D eigenvalue weighted by atomic mass is 10.1. The smallest absolute Gasteiger partial charge is 0.330 e. The molecular formula is C22H33N5O3. The van der Waals surface area contributed by atoms with Gasteiger partial charge in [0.25, 0.3) is 5.56 Å². The number of fused-ring (bicyclic) bond motifs is 1. The number of aromatic nitrogens is 4. The van der Waals surface area contributed by atoms with Crippen molar-refractivity contribution in [1.29, 1.82) is 0 Å². The maximum absolute atomic E-state index is 12.7. The van der Waals surface area contributed by atoms with Crippen molar-refractivity contribution in [2.45, 2.75) is 72.4 Å². The van der Waals surface area contributed by atoms with Crippen LogP contribution in [0.25, 0.3) is 11.2 Å². The van der Waals surface area contributed by atoms with E-state index in [1.54, 1.807) is 4.57 Å². The molecule has 1 N–H and O–H groups in total. The van der Waals surface area contributed by atoms with Gasteiger partial charge >= 0.3 is 5.69 Å². The van der Waals surface area contributed by atoms with Crippen LogP contribution in [0, 0.1) is 5.92 Å². The lowest BCUT2D eigenvalue weighted by Gasteiger charge is -2.28. The predicted octanol–water partition coefficient (Wildman–Crippen LogP) is 2.45. The number of aromatic amines is 1. The molecule has 164 valence electrons. The van der Waals surface area contributed by atoms with Gasteiger partial charge in [0.2, 0.25) is 5.91 Å². The normalized spacial score (nSPS) is 14.8. The number of carbonyl (C=O) groups is 1. The summed E-state index contributed by atoms with van der Waals surface area (Å²) in [5.74, 6) is 1.08. The van der Waals surface area contributed by atoms with E-state index in [9.17, 15) is 14.4 Å². The van der Waals surface area contributed by atoms with Gasteiger partial charge in [0.05, 0.1) is 0 Å². The van der Waals surface area contributed by atoms with Crippen LogP contribution in [0.1, 0.15) is 58.7 Å². The average Bonchev–Trinajstić information content (AvgIpc) is 3.04. The average molecular weight is 416 g/mol. The van der Waals surface area contributed by atoms with E-state index in [4.69, 9.17) is 4.98 Å². The summed E-state index contributed by atoms with van der Waals surface area (Å²) in [5.41, 5.74) is 1.21. The second kappa shape index (κ2) is 9.45. The van der Waals surface area contributed by atoms with E-state index in [-0.39, 0.29) is 5.91 Å². The van der Waals surface area contributed by atoms with Crippen molar-refractivity contribution in [3.63, 3.8) is 0 Å². The summed E-state index contributed by atoms with van der Waals surface area (Å²) < 4.78 is 3.45. The highest BCUT2D eigenvalue weighted by atomic mass is 16.2. The van der Waals surface area contributed by atoms with Crippen molar-refractivity contribution in [1.82, 2.24) is 24.0 Å². The first-order valence-electron chi connectivity index (χ1n) is 11.0. The number of piperidine rings is 1. The molecule has 3 heterocycles. The van der Waals surface area contributed by atoms with E-state index < -0.39 is 11.2 Å². The fourth-order valence-corrected chi connectivity index (χ4v) is 3.94. The summed E-state index contributed by atoms with van der Waals surface area (Å²) in [6, 6.07) is 0. The molecule has 0 spiro atoms. The summed E-state index contributed by atoms with van der Waals surface area (Å²) in [6.07, 6.45) is 4.26. The van der Waals surface area contributed by atoms with Crippen LogP contribution < -0.4 is 11.2 Å². The van der Waals surface area contributed by atoms with Crippen LogP contribution in [0.4, 0.5) is 0 Å². The first kappa shape index (κ1) is 22.1. The molecule has 1 amide bonds. The number of amides is 1. The molecule has 8 nitrogen and oxygen atoms in total. The number of imidazole rings is 1. The third-order valence-electron chi connectivity index (χ3n) is 5.63. The van der Waals surface area contributed by atoms with Crippen LogP contribution in [0.5, 0.6) is 0 Å². The summed E-state index contributed by atoms with van der Waals surface area (Å²) >= 11 is 0. The number of carbonyl (C=O) groups excluding carboxylic acids is 1. The Balaban J connectivity index is 1.93. The standard InChI is InChI=1S/C22H33N5O3/c1-5-6-11-26-20-19(21(29)24-22(26)30)27(14-15(2)3)17(23-20)7-8-18(28)25-12-9-16(4)10-13-25/h15H,4-14H2,1-3H3,(H,24,29,30). The zero-order valence-corrected chi connectivity index (χ0v) is 18.4. The fourth-order valence-electron chi connectivity index (χ4n) is 3.94. The Morgan fingerprint density at radius 1 is 1.20 bits per heavy atom. The molecular weight excluding hydrogens is 382 g/mol. The van der Waals surface area contributed by atoms with E-state index in [1.807, 2.05) is 9.47 Å². The Hall–Kier alpha value is -2.64. The molecule has 0 saturated carbocycles. The molecule has 0 aromatic carbocycles. The minimum atomic E-state index is -0.425. The minimum Gasteiger partial charge on any atom is -0.342 e. The zero-order valence-electron chi connectivity index (χ0n) is 18.4. The van der Waals surface area contributed by atoms with Gasteiger partial charge in [-0.1, -0.05) is 39.3 Å². The molecule has 3 rings (SSSR count). The SMILES string of the molecule is C=C1CCN(C(=O)CCc2nc3c(c(=O)[nH]c(=O)n3CCCC)n2CC(C)C)CC1. The number of hydrogen-bond donors (Lipinski definition) is 1. The number of aryl methyl sites for hydroxylation is 2. The van der Waals surface area contributed by atoms with Gasteiger partial charge in [0.15, 0.2) is 11.2 Å². The summed E-state index contributed by atoms with van der Waals surface area (Å²) in [4.78, 5) is 46.7. The molecule has 0 bridgehead atoms. The Bertz CT molecular complexity index is 1030. The van der Waals surface area contributed by atoms with E-state index in [0.29, 0.717) is 48.8 Å². The van der Waals surface area contributed by atoms with Crippen LogP contribution in [0.15, 0.2) is 21.7 Å². The fraction of sp³-hybridized carbons (Fsp3) is 0.636. The van der Waals surface area contributed by atoms with E-state index in [0.717, 1.165) is 38.8 Å². The Kier molecular flexibility index (Phi) is 6.95. The monoisotopic (exact) mass is 415 g/mol. The second-order valence-corrected chi connectivity index (χ2v) is 8.60. The first-order valence-corrected chi connectivity index (χ1v) is 11.0. The lowest BCUT2D eigenvalue weighted by molar-refractivity contribution is -0.131. The third-order valence-corrected chi connectivity index (χ3v) is 5.63. The topological polar surface area (TPSA) is 93.0 Å². The number of likely N-dealkylation sites (tertiary alicyclic amines) is 1. The Morgan fingerprint density at radius 2 is 1.90 bits per heavy atom. The van der Waals surface area contributed by atoms with Gasteiger partial charge in [-0.05, 0) is 25.2 Å². The highest BCUT2D eigenvalue weighted by molar-refractivity contribution is 5.77. The highest BCUT2D eigenvalue weighted by Crippen LogP contribution is 2.18. The van der Waals surface area contributed by atoms with Crippen molar-refractivity contribution >= 4 is 17.1 Å². The molecule has 30 heavy (non-hydrogen) atoms. The van der Waals surface area contributed by atoms with E-state index in [1.165, 1.54) is 5.57 Å². The molecule has 1 aliphatic rings. The molecule has 2 aromatic rings. The molecule has 2 aromatic heterocycles. The number of unbranched alkanes of at least 4 members (excludes halogenated alkanes) is 1. The molecule has 0 radical (unpaired) electrons. The van der Waals surface area contributed by atoms with Crippen LogP contribution in [0.3, 0.4) is 0 Å². The maximum atomic E-state index is 12.7. The lowest BCUT2D eigenvalue weighted by Crippen LogP contribution is -2.36. The Morgan fingerprint density at radius 3 is 2.53 bits per heavy atom. The molecule has 8 heteroatoms. The molecule has 1 saturated heterocycles. The Labute approximate surface area is 176 Å². The quantitative estimate of drug-likeness (QED) is 0.670. The van der Waals surface area contributed by atoms with Crippen molar-refractivity contribution in [3.8, 4) is 0 Å². The molecule has 1 fully saturated rings. The first-order chi connectivity index (χ1) is 14.3. The van der Waals surface area contributed by atoms with Crippen LogP contribution in [-0.2, 0) is 24.3 Å². The second-order valence-electron chi connectivity index (χ2n) is 8.60. The van der Waals surface area contributed by atoms with Gasteiger partial charge in [-0.15, -0.1) is 0 Å². The summed E-state index contributed by atoms with van der Waals surface area (Å²) in [6.45, 7) is 12.8. The number of H-pyrrole nitrogens is 1. The van der Waals surface area contributed by atoms with Gasteiger partial charge in [-0.3, -0.25) is 19.1 Å². The predicted molar refractivity (Wildman–Crippen MR) is 118 cm³/mol. The highest BCUT2D eigenvalue weighted by Gasteiger charge is 2.22. The van der Waals surface area contributed by atoms with Gasteiger partial charge in [0, 0.05) is 39.0 Å². The van der Waals surface area contributed by atoms with E-state index in [2.05, 4.69) is 32.3 Å². The van der Waals surface area contributed by atoms with Crippen molar-refractivity contribution < 1.29 is 4.79 Å². The molecule has 1 aliphatic heterocycles. The van der Waals surface area contributed by atoms with Gasteiger partial charge in [0.1, 0.15) is 5.82 Å². The molecule has 0 atom stereocenters. The number of hydrogen-bond acceptors (Lipinski definition) is 4. The summed E-state index contributed by atoms with van der Waals surface area (Å²) in [7, 11) is 0. The number of nitrogens with zero attached hydrogens (tertiary/aromatic N) is 4. The third kappa shape index (κ3) is 4.74. The van der Waals surface area contributed by atoms with Gasteiger partial charge in [-0.2, -0.15) is 0 Å². The van der Waals surface area contributed by atoms with Crippen molar-refractivity contribution in [2.75, 3.05) is 13.1 Å². The largest absolute Gasteiger partial charge is 0.342 e. The van der Waals surface area contributed by atoms with Crippen LogP contribution >= 0.6 is 0 Å². The van der Waals surface area contributed by atoms with Crippen LogP contribution in [-0.4, -0.2) is 43.0 Å². The number of rotatable bonds is 8. The zero-order chi connectivity index (χ0) is 21.8. The van der Waals surface area contributed by atoms with Gasteiger partial charge < -0.3 is 9.47 Å². The maximum Gasteiger partial charge on any atom is 0.330 e. The minimum absolute atomic E-state index is 0.0999. The van der Waals surface area contributed by atoms with Crippen molar-refractivity contribution in [3.05, 3.63) is 38.8 Å². The number of nitrogens with one attached hydrogen (secondary N) is 1. The van der Waals surface area contributed by atoms with Crippen molar-refractivity contribution in [2.24, 2.45) is 5.92 Å². The molecule has 0 unspecified atom stereocenters.